The van der Waals surface area contributed by atoms with Crippen LogP contribution in [-0.2, 0) is 9.47 Å². The summed E-state index contributed by atoms with van der Waals surface area (Å²) >= 11 is 0. The van der Waals surface area contributed by atoms with E-state index in [1.807, 2.05) is 61.5 Å². The van der Waals surface area contributed by atoms with Gasteiger partial charge in [0.1, 0.15) is 11.1 Å². The molecule has 0 saturated carbocycles. The van der Waals surface area contributed by atoms with Crippen LogP contribution in [0.15, 0.2) is 54.6 Å². The number of hydrogen-bond acceptors (Lipinski definition) is 5. The van der Waals surface area contributed by atoms with Crippen LogP contribution in [0.2, 0.25) is 0 Å². The van der Waals surface area contributed by atoms with Crippen molar-refractivity contribution in [1.82, 2.24) is 9.61 Å². The van der Waals surface area contributed by atoms with Crippen molar-refractivity contribution in [2.45, 2.75) is 6.92 Å². The molecular formula is C22H18N2O4. The molecule has 0 unspecified atom stereocenters. The van der Waals surface area contributed by atoms with E-state index in [0.29, 0.717) is 11.2 Å². The lowest BCUT2D eigenvalue weighted by molar-refractivity contribution is 0.0558. The molecule has 0 bridgehead atoms. The Hall–Kier alpha value is -3.67. The first-order chi connectivity index (χ1) is 13.6. The molecule has 0 aliphatic carbocycles. The van der Waals surface area contributed by atoms with Gasteiger partial charge in [-0.05, 0) is 6.92 Å². The van der Waals surface area contributed by atoms with Gasteiger partial charge in [-0.3, -0.25) is 0 Å². The summed E-state index contributed by atoms with van der Waals surface area (Å²) in [6.45, 7) is 1.90. The highest BCUT2D eigenvalue weighted by Crippen LogP contribution is 2.36. The van der Waals surface area contributed by atoms with Gasteiger partial charge in [-0.2, -0.15) is 5.10 Å². The Balaban J connectivity index is 2.30. The number of hydrogen-bond donors (Lipinski definition) is 0. The second-order valence-electron chi connectivity index (χ2n) is 6.34. The lowest BCUT2D eigenvalue weighted by atomic mass is 10.0. The van der Waals surface area contributed by atoms with Crippen LogP contribution in [-0.4, -0.2) is 35.8 Å². The molecular weight excluding hydrogens is 356 g/mol. The lowest BCUT2D eigenvalue weighted by Gasteiger charge is -2.08. The maximum atomic E-state index is 12.8. The van der Waals surface area contributed by atoms with Crippen LogP contribution in [0.4, 0.5) is 0 Å². The number of carbonyl (C=O) groups is 2. The predicted octanol–water partition coefficient (Wildman–Crippen LogP) is 4.04. The average Bonchev–Trinajstić information content (AvgIpc) is 3.08. The van der Waals surface area contributed by atoms with E-state index in [2.05, 4.69) is 0 Å². The number of methoxy groups -OCH3 is 2. The maximum absolute atomic E-state index is 12.8. The van der Waals surface area contributed by atoms with E-state index in [0.717, 1.165) is 22.0 Å². The Labute approximate surface area is 161 Å². The minimum Gasteiger partial charge on any atom is -0.465 e. The van der Waals surface area contributed by atoms with Crippen molar-refractivity contribution in [3.8, 4) is 11.3 Å². The van der Waals surface area contributed by atoms with E-state index in [4.69, 9.17) is 14.6 Å². The average molecular weight is 374 g/mol. The summed E-state index contributed by atoms with van der Waals surface area (Å²) in [5, 5.41) is 6.40. The van der Waals surface area contributed by atoms with E-state index < -0.39 is 11.9 Å². The van der Waals surface area contributed by atoms with Gasteiger partial charge >= 0.3 is 11.9 Å². The largest absolute Gasteiger partial charge is 0.465 e. The van der Waals surface area contributed by atoms with Crippen molar-refractivity contribution in [3.63, 3.8) is 0 Å². The maximum Gasteiger partial charge on any atom is 0.341 e. The molecule has 2 heterocycles. The monoisotopic (exact) mass is 374 g/mol. The van der Waals surface area contributed by atoms with Gasteiger partial charge in [-0.1, -0.05) is 54.6 Å². The number of ether oxygens (including phenoxy) is 2. The Bertz CT molecular complexity index is 1230. The lowest BCUT2D eigenvalue weighted by Crippen LogP contribution is -2.10. The van der Waals surface area contributed by atoms with Crippen molar-refractivity contribution in [1.29, 1.82) is 0 Å². The van der Waals surface area contributed by atoms with Gasteiger partial charge in [-0.25, -0.2) is 14.1 Å². The topological polar surface area (TPSA) is 69.9 Å². The molecule has 0 N–H and O–H groups in total. The second kappa shape index (κ2) is 6.81. The fourth-order valence-electron chi connectivity index (χ4n) is 3.58. The smallest absolute Gasteiger partial charge is 0.341 e. The van der Waals surface area contributed by atoms with E-state index in [1.54, 1.807) is 4.52 Å². The van der Waals surface area contributed by atoms with Crippen LogP contribution in [0.1, 0.15) is 26.4 Å². The molecule has 4 aromatic rings. The fraction of sp³-hybridized carbons (Fsp3) is 0.136. The van der Waals surface area contributed by atoms with Crippen LogP contribution < -0.4 is 0 Å². The van der Waals surface area contributed by atoms with Gasteiger partial charge in [0.05, 0.1) is 31.1 Å². The van der Waals surface area contributed by atoms with Gasteiger partial charge in [0.25, 0.3) is 0 Å². The molecule has 0 amide bonds. The molecule has 0 fully saturated rings. The van der Waals surface area contributed by atoms with Crippen molar-refractivity contribution in [3.05, 3.63) is 71.4 Å². The first-order valence-electron chi connectivity index (χ1n) is 8.74. The molecule has 0 saturated heterocycles. The highest BCUT2D eigenvalue weighted by molar-refractivity contribution is 6.17. The van der Waals surface area contributed by atoms with Gasteiger partial charge in [-0.15, -0.1) is 0 Å². The number of aryl methyl sites for hydroxylation is 1. The Morgan fingerprint density at radius 1 is 0.821 bits per heavy atom. The van der Waals surface area contributed by atoms with Crippen molar-refractivity contribution in [2.24, 2.45) is 0 Å². The Kier molecular flexibility index (Phi) is 4.31. The van der Waals surface area contributed by atoms with Crippen molar-refractivity contribution in [2.75, 3.05) is 14.2 Å². The SMILES string of the molecule is COC(=O)c1c(C(=O)OC)c2c3ccccc3c(C)nn2c1-c1ccccc1. The summed E-state index contributed by atoms with van der Waals surface area (Å²) in [4.78, 5) is 25.5. The summed E-state index contributed by atoms with van der Waals surface area (Å²) in [5.74, 6) is -1.23. The fourth-order valence-corrected chi connectivity index (χ4v) is 3.58. The molecule has 0 aliphatic rings. The number of nitrogens with zero attached hydrogens (tertiary/aromatic N) is 2. The molecule has 2 aromatic carbocycles. The van der Waals surface area contributed by atoms with Gasteiger partial charge in [0, 0.05) is 16.3 Å². The second-order valence-corrected chi connectivity index (χ2v) is 6.34. The van der Waals surface area contributed by atoms with Gasteiger partial charge in [0.15, 0.2) is 0 Å². The summed E-state index contributed by atoms with van der Waals surface area (Å²) in [6.07, 6.45) is 0. The highest BCUT2D eigenvalue weighted by atomic mass is 16.5. The van der Waals surface area contributed by atoms with E-state index >= 15 is 0 Å². The molecule has 0 aliphatic heterocycles. The molecule has 6 nitrogen and oxygen atoms in total. The summed E-state index contributed by atoms with van der Waals surface area (Å²) in [7, 11) is 2.58. The van der Waals surface area contributed by atoms with Crippen molar-refractivity contribution < 1.29 is 19.1 Å². The quantitative estimate of drug-likeness (QED) is 0.506. The van der Waals surface area contributed by atoms with Gasteiger partial charge < -0.3 is 9.47 Å². The third-order valence-electron chi connectivity index (χ3n) is 4.80. The van der Waals surface area contributed by atoms with Gasteiger partial charge in [0.2, 0.25) is 0 Å². The van der Waals surface area contributed by atoms with Crippen molar-refractivity contribution >= 4 is 28.2 Å². The predicted molar refractivity (Wildman–Crippen MR) is 106 cm³/mol. The highest BCUT2D eigenvalue weighted by Gasteiger charge is 2.32. The Morgan fingerprint density at radius 3 is 2.04 bits per heavy atom. The normalized spacial score (nSPS) is 11.0. The zero-order valence-electron chi connectivity index (χ0n) is 15.7. The molecule has 4 rings (SSSR count). The van der Waals surface area contributed by atoms with Crippen LogP contribution in [0.25, 0.3) is 27.5 Å². The third kappa shape index (κ3) is 2.53. The zero-order chi connectivity index (χ0) is 19.8. The number of benzene rings is 2. The number of esters is 2. The summed E-state index contributed by atoms with van der Waals surface area (Å²) in [6, 6.07) is 17.0. The zero-order valence-corrected chi connectivity index (χ0v) is 15.7. The molecule has 0 spiro atoms. The number of aromatic nitrogens is 2. The molecule has 0 atom stereocenters. The minimum absolute atomic E-state index is 0.142. The molecule has 0 radical (unpaired) electrons. The van der Waals surface area contributed by atoms with Crippen LogP contribution >= 0.6 is 0 Å². The molecule has 2 aromatic heterocycles. The first-order valence-corrected chi connectivity index (χ1v) is 8.74. The Morgan fingerprint density at radius 2 is 1.39 bits per heavy atom. The minimum atomic E-state index is -0.619. The van der Waals surface area contributed by atoms with Crippen LogP contribution in [0.5, 0.6) is 0 Å². The van der Waals surface area contributed by atoms with Crippen LogP contribution in [0, 0.1) is 6.92 Å². The van der Waals surface area contributed by atoms with E-state index in [1.165, 1.54) is 14.2 Å². The molecule has 140 valence electrons. The number of carbonyl (C=O) groups excluding carboxylic acids is 2. The summed E-state index contributed by atoms with van der Waals surface area (Å²) < 4.78 is 11.7. The molecule has 28 heavy (non-hydrogen) atoms. The van der Waals surface area contributed by atoms with Crippen LogP contribution in [0.3, 0.4) is 0 Å². The third-order valence-corrected chi connectivity index (χ3v) is 4.80. The number of rotatable bonds is 3. The van der Waals surface area contributed by atoms with E-state index in [-0.39, 0.29) is 11.1 Å². The molecule has 6 heteroatoms. The summed E-state index contributed by atoms with van der Waals surface area (Å²) in [5.41, 5.74) is 2.84. The number of fused-ring (bicyclic) bond motifs is 3. The standard InChI is InChI=1S/C22H18N2O4/c1-13-15-11-7-8-12-16(15)20-18(22(26)28-3)17(21(25)27-2)19(24(20)23-13)14-9-5-4-6-10-14/h4-12H,1-3H3. The van der Waals surface area contributed by atoms with E-state index in [9.17, 15) is 9.59 Å². The first kappa shape index (κ1) is 17.7.